The van der Waals surface area contributed by atoms with Crippen molar-refractivity contribution in [3.8, 4) is 0 Å². The molecule has 0 aromatic heterocycles. The van der Waals surface area contributed by atoms with Crippen molar-refractivity contribution in [1.82, 2.24) is 0 Å². The summed E-state index contributed by atoms with van der Waals surface area (Å²) in [6.07, 6.45) is 0. The van der Waals surface area contributed by atoms with E-state index in [1.165, 1.54) is 4.90 Å². The highest BCUT2D eigenvalue weighted by molar-refractivity contribution is 6.35. The predicted octanol–water partition coefficient (Wildman–Crippen LogP) is 8.38. The maximum Gasteiger partial charge on any atom is 0.271 e. The molecule has 2 aliphatic heterocycles. The largest absolute Gasteiger partial charge is 0.273 e. The molecule has 10 rings (SSSR count). The Kier molecular flexibility index (Phi) is 5.57. The second-order valence-electron chi connectivity index (χ2n) is 12.3. The van der Waals surface area contributed by atoms with Gasteiger partial charge in [0.05, 0.1) is 17.3 Å². The molecule has 3 unspecified atom stereocenters. The van der Waals surface area contributed by atoms with Crippen molar-refractivity contribution in [1.29, 1.82) is 0 Å². The first-order valence-corrected chi connectivity index (χ1v) is 15.8. The first-order chi connectivity index (χ1) is 21.9. The molecule has 5 nitrogen and oxygen atoms in total. The first-order valence-electron chi connectivity index (χ1n) is 15.0. The SMILES string of the molecule is Cc1cccc(N2C(=O)C34ON(c5ccccc5)C(c5ccc(Cl)cc5Cl)C3(C2=O)C2c3ccccc3C4c3ccccc32)c1. The van der Waals surface area contributed by atoms with E-state index in [1.807, 2.05) is 91.9 Å². The van der Waals surface area contributed by atoms with Crippen molar-refractivity contribution in [3.63, 3.8) is 0 Å². The molecule has 2 saturated heterocycles. The number of benzene rings is 5. The first kappa shape index (κ1) is 26.9. The Morgan fingerprint density at radius 3 is 1.84 bits per heavy atom. The molecule has 0 saturated carbocycles. The number of anilines is 2. The fourth-order valence-electron chi connectivity index (χ4n) is 8.73. The number of para-hydroxylation sites is 1. The third-order valence-electron chi connectivity index (χ3n) is 10.2. The van der Waals surface area contributed by atoms with Gasteiger partial charge in [0, 0.05) is 16.0 Å². The van der Waals surface area contributed by atoms with Crippen LogP contribution < -0.4 is 9.96 Å². The van der Waals surface area contributed by atoms with E-state index in [1.54, 1.807) is 17.2 Å². The van der Waals surface area contributed by atoms with Crippen LogP contribution in [0.5, 0.6) is 0 Å². The van der Waals surface area contributed by atoms with Gasteiger partial charge >= 0.3 is 0 Å². The number of halogens is 2. The molecule has 3 atom stereocenters. The molecule has 0 N–H and O–H groups in total. The Bertz CT molecular complexity index is 2040. The van der Waals surface area contributed by atoms with Gasteiger partial charge in [0.2, 0.25) is 11.5 Å². The minimum absolute atomic E-state index is 0.299. The van der Waals surface area contributed by atoms with Crippen molar-refractivity contribution in [2.45, 2.75) is 30.4 Å². The zero-order chi connectivity index (χ0) is 30.7. The third kappa shape index (κ3) is 3.18. The lowest BCUT2D eigenvalue weighted by Crippen LogP contribution is -2.63. The second kappa shape index (κ2) is 9.30. The molecule has 0 radical (unpaired) electrons. The second-order valence-corrected chi connectivity index (χ2v) is 13.2. The number of carbonyl (C=O) groups is 2. The molecule has 3 aliphatic carbocycles. The molecule has 5 aliphatic rings. The lowest BCUT2D eigenvalue weighted by molar-refractivity contribution is -0.153. The minimum Gasteiger partial charge on any atom is -0.273 e. The van der Waals surface area contributed by atoms with E-state index in [4.69, 9.17) is 28.0 Å². The molecule has 7 heteroatoms. The number of hydroxylamine groups is 1. The summed E-state index contributed by atoms with van der Waals surface area (Å²) in [5.41, 5.74) is 3.89. The van der Waals surface area contributed by atoms with Crippen LogP contribution in [0.1, 0.15) is 51.3 Å². The van der Waals surface area contributed by atoms with Gasteiger partial charge in [-0.3, -0.25) is 14.4 Å². The quantitative estimate of drug-likeness (QED) is 0.188. The van der Waals surface area contributed by atoms with E-state index in [0.717, 1.165) is 33.5 Å². The summed E-state index contributed by atoms with van der Waals surface area (Å²) < 4.78 is 0. The van der Waals surface area contributed by atoms with Gasteiger partial charge in [0.1, 0.15) is 11.5 Å². The van der Waals surface area contributed by atoms with Gasteiger partial charge < -0.3 is 0 Å². The molecule has 220 valence electrons. The standard InChI is InChI=1S/C38H26Cl2N2O3/c1-22-10-9-13-25(20-22)41-35(43)37-32-26-14-5-7-16-28(26)33(29-17-8-6-15-27(29)32)38(37,36(41)44)45-42(24-11-3-2-4-12-24)34(37)30-19-18-23(39)21-31(30)40/h2-21,32-34H,1H3. The lowest BCUT2D eigenvalue weighted by Gasteiger charge is -2.55. The van der Waals surface area contributed by atoms with E-state index in [0.29, 0.717) is 21.3 Å². The van der Waals surface area contributed by atoms with Gasteiger partial charge in [-0.15, -0.1) is 0 Å². The zero-order valence-corrected chi connectivity index (χ0v) is 25.7. The number of aryl methyl sites for hydroxylation is 1. The molecular formula is C38H26Cl2N2O3. The average Bonchev–Trinajstić information content (AvgIpc) is 3.48. The fraction of sp³-hybridized carbons (Fsp3) is 0.158. The molecule has 2 amide bonds. The van der Waals surface area contributed by atoms with E-state index >= 15 is 9.59 Å². The van der Waals surface area contributed by atoms with Crippen LogP contribution in [0, 0.1) is 12.3 Å². The molecule has 5 aromatic rings. The van der Waals surface area contributed by atoms with Gasteiger partial charge in [-0.2, -0.15) is 0 Å². The minimum atomic E-state index is -1.61. The van der Waals surface area contributed by atoms with Crippen molar-refractivity contribution >= 4 is 46.4 Å². The van der Waals surface area contributed by atoms with Crippen molar-refractivity contribution in [2.24, 2.45) is 5.41 Å². The maximum absolute atomic E-state index is 15.7. The smallest absolute Gasteiger partial charge is 0.271 e. The molecule has 2 bridgehead atoms. The predicted molar refractivity (Wildman–Crippen MR) is 175 cm³/mol. The summed E-state index contributed by atoms with van der Waals surface area (Å²) in [5.74, 6) is -1.73. The van der Waals surface area contributed by atoms with E-state index in [-0.39, 0.29) is 11.8 Å². The van der Waals surface area contributed by atoms with Crippen LogP contribution in [0.25, 0.3) is 0 Å². The number of amides is 2. The van der Waals surface area contributed by atoms with Crippen LogP contribution in [0.2, 0.25) is 10.0 Å². The Morgan fingerprint density at radius 1 is 0.622 bits per heavy atom. The highest BCUT2D eigenvalue weighted by Gasteiger charge is 2.88. The summed E-state index contributed by atoms with van der Waals surface area (Å²) in [4.78, 5) is 39.8. The van der Waals surface area contributed by atoms with E-state index < -0.39 is 28.9 Å². The van der Waals surface area contributed by atoms with Crippen LogP contribution in [0.3, 0.4) is 0 Å². The Balaban J connectivity index is 1.45. The topological polar surface area (TPSA) is 49.9 Å². The molecular weight excluding hydrogens is 603 g/mol. The molecule has 2 fully saturated rings. The molecule has 5 aromatic carbocycles. The fourth-order valence-corrected chi connectivity index (χ4v) is 9.24. The Morgan fingerprint density at radius 2 is 1.22 bits per heavy atom. The zero-order valence-electron chi connectivity index (χ0n) is 24.2. The Hall–Kier alpha value is -4.42. The summed E-state index contributed by atoms with van der Waals surface area (Å²) in [6.45, 7) is 1.96. The summed E-state index contributed by atoms with van der Waals surface area (Å²) >= 11 is 13.5. The van der Waals surface area contributed by atoms with Crippen LogP contribution in [-0.4, -0.2) is 17.4 Å². The average molecular weight is 630 g/mol. The molecule has 2 heterocycles. The van der Waals surface area contributed by atoms with Crippen molar-refractivity contribution in [2.75, 3.05) is 9.96 Å². The van der Waals surface area contributed by atoms with Gasteiger partial charge in [-0.25, -0.2) is 9.96 Å². The van der Waals surface area contributed by atoms with Crippen LogP contribution in [-0.2, 0) is 14.4 Å². The van der Waals surface area contributed by atoms with Gasteiger partial charge in [0.15, 0.2) is 0 Å². The van der Waals surface area contributed by atoms with Gasteiger partial charge in [-0.1, -0.05) is 108 Å². The molecule has 45 heavy (non-hydrogen) atoms. The number of rotatable bonds is 3. The highest BCUT2D eigenvalue weighted by Crippen LogP contribution is 2.78. The molecule has 0 spiro atoms. The van der Waals surface area contributed by atoms with Crippen LogP contribution >= 0.6 is 23.2 Å². The van der Waals surface area contributed by atoms with Gasteiger partial charge in [0.25, 0.3) is 5.91 Å². The number of imide groups is 1. The van der Waals surface area contributed by atoms with Gasteiger partial charge in [-0.05, 0) is 76.7 Å². The normalized spacial score (nSPS) is 27.3. The van der Waals surface area contributed by atoms with Crippen molar-refractivity contribution < 1.29 is 14.4 Å². The maximum atomic E-state index is 15.7. The number of hydrogen-bond acceptors (Lipinski definition) is 4. The number of hydrogen-bond donors (Lipinski definition) is 0. The highest BCUT2D eigenvalue weighted by atomic mass is 35.5. The van der Waals surface area contributed by atoms with E-state index in [2.05, 4.69) is 24.3 Å². The van der Waals surface area contributed by atoms with Crippen molar-refractivity contribution in [3.05, 3.63) is 165 Å². The lowest BCUT2D eigenvalue weighted by atomic mass is 9.43. The summed E-state index contributed by atoms with van der Waals surface area (Å²) in [5, 5.41) is 2.66. The van der Waals surface area contributed by atoms with Crippen LogP contribution in [0.15, 0.2) is 121 Å². The van der Waals surface area contributed by atoms with Crippen LogP contribution in [0.4, 0.5) is 11.4 Å². The van der Waals surface area contributed by atoms with E-state index in [9.17, 15) is 0 Å². The number of nitrogens with zero attached hydrogens (tertiary/aromatic N) is 2. The summed E-state index contributed by atoms with van der Waals surface area (Å²) in [6, 6.07) is 38.1. The summed E-state index contributed by atoms with van der Waals surface area (Å²) in [7, 11) is 0. The Labute approximate surface area is 270 Å². The number of carbonyl (C=O) groups excluding carboxylic acids is 2. The third-order valence-corrected chi connectivity index (χ3v) is 10.8. The monoisotopic (exact) mass is 628 g/mol.